The quantitative estimate of drug-likeness (QED) is 0.778. The Kier molecular flexibility index (Phi) is 5.62. The molecule has 86 valence electrons. The van der Waals surface area contributed by atoms with Crippen molar-refractivity contribution in [1.82, 2.24) is 5.32 Å². The molecule has 1 aromatic heterocycles. The van der Waals surface area contributed by atoms with Crippen molar-refractivity contribution in [3.8, 4) is 11.8 Å². The first-order chi connectivity index (χ1) is 7.76. The highest BCUT2D eigenvalue weighted by Crippen LogP contribution is 2.14. The summed E-state index contributed by atoms with van der Waals surface area (Å²) in [5.41, 5.74) is 5.29. The van der Waals surface area contributed by atoms with Crippen molar-refractivity contribution < 1.29 is 4.79 Å². The van der Waals surface area contributed by atoms with Crippen molar-refractivity contribution >= 4 is 17.2 Å². The number of nitrogens with one attached hydrogen (secondary N) is 1. The number of hydrogen-bond donors (Lipinski definition) is 2. The van der Waals surface area contributed by atoms with Gasteiger partial charge in [-0.1, -0.05) is 18.8 Å². The normalized spacial score (nSPS) is 9.38. The topological polar surface area (TPSA) is 55.1 Å². The molecule has 1 amide bonds. The Bertz CT molecular complexity index is 401. The second-order valence-electron chi connectivity index (χ2n) is 3.30. The molecule has 1 rings (SSSR count). The maximum Gasteiger partial charge on any atom is 0.220 e. The van der Waals surface area contributed by atoms with Gasteiger partial charge in [0.1, 0.15) is 0 Å². The van der Waals surface area contributed by atoms with Crippen LogP contribution < -0.4 is 11.1 Å². The highest BCUT2D eigenvalue weighted by molar-refractivity contribution is 7.12. The molecule has 0 fully saturated rings. The number of nitrogens with two attached hydrogens (primary N) is 1. The molecule has 1 aromatic rings. The molecule has 0 aliphatic heterocycles. The summed E-state index contributed by atoms with van der Waals surface area (Å²) in [5, 5.41) is 2.87. The van der Waals surface area contributed by atoms with Gasteiger partial charge in [0.15, 0.2) is 0 Å². The lowest BCUT2D eigenvalue weighted by atomic mass is 10.3. The zero-order valence-corrected chi connectivity index (χ0v) is 10.2. The van der Waals surface area contributed by atoms with Crippen LogP contribution in [0.15, 0.2) is 12.1 Å². The Labute approximate surface area is 100 Å². The fraction of sp³-hybridized carbons (Fsp3) is 0.417. The lowest BCUT2D eigenvalue weighted by Crippen LogP contribution is -2.21. The summed E-state index contributed by atoms with van der Waals surface area (Å²) in [6.07, 6.45) is 1.47. The van der Waals surface area contributed by atoms with Crippen molar-refractivity contribution in [2.75, 3.05) is 6.54 Å². The zero-order valence-electron chi connectivity index (χ0n) is 9.38. The lowest BCUT2D eigenvalue weighted by molar-refractivity contribution is -0.121. The minimum atomic E-state index is 0.102. The van der Waals surface area contributed by atoms with Crippen molar-refractivity contribution in [3.63, 3.8) is 0 Å². The van der Waals surface area contributed by atoms with Crippen LogP contribution in [0.4, 0.5) is 0 Å². The molecular weight excluding hydrogens is 220 g/mol. The Balaban J connectivity index is 2.43. The van der Waals surface area contributed by atoms with E-state index in [-0.39, 0.29) is 5.91 Å². The van der Waals surface area contributed by atoms with Crippen LogP contribution in [0.25, 0.3) is 0 Å². The van der Waals surface area contributed by atoms with Gasteiger partial charge in [0.05, 0.1) is 18.0 Å². The molecule has 0 unspecified atom stereocenters. The van der Waals surface area contributed by atoms with Gasteiger partial charge in [0.2, 0.25) is 5.91 Å². The van der Waals surface area contributed by atoms with Crippen LogP contribution in [0.5, 0.6) is 0 Å². The molecule has 0 saturated heterocycles. The van der Waals surface area contributed by atoms with E-state index in [1.54, 1.807) is 11.3 Å². The van der Waals surface area contributed by atoms with Gasteiger partial charge in [-0.25, -0.2) is 0 Å². The van der Waals surface area contributed by atoms with Crippen molar-refractivity contribution in [3.05, 3.63) is 21.9 Å². The summed E-state index contributed by atoms with van der Waals surface area (Å²) in [7, 11) is 0. The second kappa shape index (κ2) is 7.04. The van der Waals surface area contributed by atoms with E-state index in [1.807, 2.05) is 19.1 Å². The van der Waals surface area contributed by atoms with E-state index in [1.165, 1.54) is 0 Å². The molecule has 0 saturated carbocycles. The molecule has 3 N–H and O–H groups in total. The number of rotatable bonds is 4. The molecule has 4 heteroatoms. The fourth-order valence-corrected chi connectivity index (χ4v) is 2.00. The number of carbonyl (C=O) groups is 1. The Morgan fingerprint density at radius 1 is 1.56 bits per heavy atom. The maximum atomic E-state index is 11.2. The van der Waals surface area contributed by atoms with Gasteiger partial charge < -0.3 is 11.1 Å². The smallest absolute Gasteiger partial charge is 0.220 e. The number of hydrogen-bond acceptors (Lipinski definition) is 3. The molecule has 0 aliphatic rings. The highest BCUT2D eigenvalue weighted by atomic mass is 32.1. The van der Waals surface area contributed by atoms with Crippen molar-refractivity contribution in [2.24, 2.45) is 5.73 Å². The minimum absolute atomic E-state index is 0.102. The van der Waals surface area contributed by atoms with Crippen LogP contribution in [-0.4, -0.2) is 12.5 Å². The first-order valence-electron chi connectivity index (χ1n) is 5.30. The Morgan fingerprint density at radius 3 is 3.06 bits per heavy atom. The van der Waals surface area contributed by atoms with Gasteiger partial charge >= 0.3 is 0 Å². The monoisotopic (exact) mass is 236 g/mol. The average molecular weight is 236 g/mol. The van der Waals surface area contributed by atoms with E-state index in [9.17, 15) is 4.79 Å². The highest BCUT2D eigenvalue weighted by Gasteiger charge is 2.01. The van der Waals surface area contributed by atoms with E-state index in [2.05, 4.69) is 17.2 Å². The second-order valence-corrected chi connectivity index (χ2v) is 4.47. The third-order valence-corrected chi connectivity index (χ3v) is 2.91. The van der Waals surface area contributed by atoms with E-state index in [4.69, 9.17) is 5.73 Å². The number of carbonyl (C=O) groups excluding carboxylic acids is 1. The van der Waals surface area contributed by atoms with E-state index in [0.717, 1.165) is 16.2 Å². The third-order valence-electron chi connectivity index (χ3n) is 1.91. The van der Waals surface area contributed by atoms with E-state index in [0.29, 0.717) is 19.5 Å². The first kappa shape index (κ1) is 12.8. The van der Waals surface area contributed by atoms with Gasteiger partial charge in [0.25, 0.3) is 0 Å². The van der Waals surface area contributed by atoms with Crippen LogP contribution in [0, 0.1) is 11.8 Å². The summed E-state index contributed by atoms with van der Waals surface area (Å²) >= 11 is 1.59. The van der Waals surface area contributed by atoms with Gasteiger partial charge in [-0.05, 0) is 18.6 Å². The molecule has 0 radical (unpaired) electrons. The van der Waals surface area contributed by atoms with Crippen LogP contribution in [0.2, 0.25) is 0 Å². The van der Waals surface area contributed by atoms with Crippen LogP contribution in [0.1, 0.15) is 29.5 Å². The summed E-state index contributed by atoms with van der Waals surface area (Å²) in [6, 6.07) is 3.94. The predicted molar refractivity (Wildman–Crippen MR) is 67.0 cm³/mol. The predicted octanol–water partition coefficient (Wildman–Crippen LogP) is 1.47. The summed E-state index contributed by atoms with van der Waals surface area (Å²) in [4.78, 5) is 13.4. The molecular formula is C12H16N2OS. The van der Waals surface area contributed by atoms with Gasteiger partial charge in [0, 0.05) is 11.3 Å². The molecule has 0 aromatic carbocycles. The first-order valence-corrected chi connectivity index (χ1v) is 6.12. The van der Waals surface area contributed by atoms with Crippen molar-refractivity contribution in [1.29, 1.82) is 0 Å². The van der Waals surface area contributed by atoms with Gasteiger partial charge in [-0.3, -0.25) is 4.79 Å². The summed E-state index contributed by atoms with van der Waals surface area (Å²) in [5.74, 6) is 5.87. The SMILES string of the molecule is CCCC(=O)NCc1ccc(C#CCN)s1. The molecule has 0 aliphatic carbocycles. The van der Waals surface area contributed by atoms with Crippen molar-refractivity contribution in [2.45, 2.75) is 26.3 Å². The number of amides is 1. The van der Waals surface area contributed by atoms with E-state index < -0.39 is 0 Å². The largest absolute Gasteiger partial charge is 0.351 e. The molecule has 0 atom stereocenters. The Morgan fingerprint density at radius 2 is 2.38 bits per heavy atom. The lowest BCUT2D eigenvalue weighted by Gasteiger charge is -2.00. The third kappa shape index (κ3) is 4.47. The van der Waals surface area contributed by atoms with Gasteiger partial charge in [-0.15, -0.1) is 11.3 Å². The molecule has 16 heavy (non-hydrogen) atoms. The summed E-state index contributed by atoms with van der Waals surface area (Å²) in [6.45, 7) is 2.96. The Hall–Kier alpha value is -1.31. The molecule has 1 heterocycles. The van der Waals surface area contributed by atoms with Gasteiger partial charge in [-0.2, -0.15) is 0 Å². The van der Waals surface area contributed by atoms with Crippen LogP contribution in [-0.2, 0) is 11.3 Å². The fourth-order valence-electron chi connectivity index (χ4n) is 1.18. The maximum absolute atomic E-state index is 11.2. The van der Waals surface area contributed by atoms with Crippen LogP contribution in [0.3, 0.4) is 0 Å². The summed E-state index contributed by atoms with van der Waals surface area (Å²) < 4.78 is 0. The minimum Gasteiger partial charge on any atom is -0.351 e. The average Bonchev–Trinajstić information content (AvgIpc) is 2.72. The standard InChI is InChI=1S/C12H16N2OS/c1-2-4-12(15)14-9-11-7-6-10(16-11)5-3-8-13/h6-7H,2,4,8-9,13H2,1H3,(H,14,15). The van der Waals surface area contributed by atoms with E-state index >= 15 is 0 Å². The zero-order chi connectivity index (χ0) is 11.8. The molecule has 0 spiro atoms. The van der Waals surface area contributed by atoms with Crippen LogP contribution >= 0.6 is 11.3 Å². The molecule has 3 nitrogen and oxygen atoms in total. The molecule has 0 bridgehead atoms. The number of thiophene rings is 1.